The molecule has 1 unspecified atom stereocenters. The van der Waals surface area contributed by atoms with Gasteiger partial charge in [0, 0.05) is 5.56 Å². The van der Waals surface area contributed by atoms with E-state index >= 15 is 0 Å². The van der Waals surface area contributed by atoms with Crippen molar-refractivity contribution in [2.75, 3.05) is 13.7 Å². The fraction of sp³-hybridized carbons (Fsp3) is 0.167. The molecule has 0 aliphatic heterocycles. The number of amides is 1. The van der Waals surface area contributed by atoms with Crippen molar-refractivity contribution >= 4 is 12.2 Å². The second kappa shape index (κ2) is 8.34. The highest BCUT2D eigenvalue weighted by molar-refractivity contribution is 5.81. The molecule has 0 spiro atoms. The van der Waals surface area contributed by atoms with E-state index in [1.807, 2.05) is 6.07 Å². The van der Waals surface area contributed by atoms with Crippen LogP contribution >= 0.6 is 0 Å². The Hall–Kier alpha value is -3.33. The molecular formula is C18H16N2O4. The third kappa shape index (κ3) is 4.11. The van der Waals surface area contributed by atoms with Crippen molar-refractivity contribution in [1.29, 1.82) is 5.26 Å². The van der Waals surface area contributed by atoms with Gasteiger partial charge in [0.15, 0.2) is 12.9 Å². The van der Waals surface area contributed by atoms with E-state index in [2.05, 4.69) is 5.32 Å². The van der Waals surface area contributed by atoms with Crippen LogP contribution in [0, 0.1) is 11.3 Å². The first-order valence-electron chi connectivity index (χ1n) is 7.18. The van der Waals surface area contributed by atoms with Gasteiger partial charge in [0.05, 0.1) is 18.7 Å². The van der Waals surface area contributed by atoms with Crippen molar-refractivity contribution in [1.82, 2.24) is 5.32 Å². The smallest absolute Gasteiger partial charge is 0.259 e. The maximum atomic E-state index is 12.0. The lowest BCUT2D eigenvalue weighted by Crippen LogP contribution is -2.32. The summed E-state index contributed by atoms with van der Waals surface area (Å²) < 4.78 is 10.5. The summed E-state index contributed by atoms with van der Waals surface area (Å²) in [6, 6.07) is 14.7. The number of benzene rings is 2. The largest absolute Gasteiger partial charge is 0.496 e. The Kier molecular flexibility index (Phi) is 5.92. The molecule has 0 aliphatic rings. The fourth-order valence-corrected chi connectivity index (χ4v) is 2.14. The number of carbonyl (C=O) groups is 2. The zero-order chi connectivity index (χ0) is 17.4. The summed E-state index contributed by atoms with van der Waals surface area (Å²) in [7, 11) is 1.49. The Morgan fingerprint density at radius 1 is 1.21 bits per heavy atom. The van der Waals surface area contributed by atoms with Gasteiger partial charge in [-0.15, -0.1) is 0 Å². The quantitative estimate of drug-likeness (QED) is 0.789. The number of methoxy groups -OCH3 is 1. The van der Waals surface area contributed by atoms with Crippen molar-refractivity contribution in [2.45, 2.75) is 6.04 Å². The van der Waals surface area contributed by atoms with Crippen LogP contribution < -0.4 is 14.8 Å². The van der Waals surface area contributed by atoms with Crippen molar-refractivity contribution in [3.05, 3.63) is 59.7 Å². The average Bonchev–Trinajstić information content (AvgIpc) is 2.64. The zero-order valence-corrected chi connectivity index (χ0v) is 13.1. The van der Waals surface area contributed by atoms with Crippen LogP contribution in [0.25, 0.3) is 0 Å². The molecule has 0 bridgehead atoms. The fourth-order valence-electron chi connectivity index (χ4n) is 2.14. The topological polar surface area (TPSA) is 88.4 Å². The summed E-state index contributed by atoms with van der Waals surface area (Å²) in [5.74, 6) is 0.346. The van der Waals surface area contributed by atoms with Crippen molar-refractivity contribution < 1.29 is 19.1 Å². The number of nitrogens with one attached hydrogen (secondary N) is 1. The lowest BCUT2D eigenvalue weighted by Gasteiger charge is -2.15. The minimum atomic E-state index is -0.862. The van der Waals surface area contributed by atoms with Crippen molar-refractivity contribution in [2.24, 2.45) is 0 Å². The van der Waals surface area contributed by atoms with Gasteiger partial charge in [-0.25, -0.2) is 0 Å². The normalized spacial score (nSPS) is 11.0. The lowest BCUT2D eigenvalue weighted by atomic mass is 10.1. The van der Waals surface area contributed by atoms with Crippen LogP contribution in [0.2, 0.25) is 0 Å². The highest BCUT2D eigenvalue weighted by Crippen LogP contribution is 2.24. The third-order valence-corrected chi connectivity index (χ3v) is 3.29. The van der Waals surface area contributed by atoms with Crippen LogP contribution in [0.1, 0.15) is 22.0 Å². The van der Waals surface area contributed by atoms with Crippen LogP contribution in [-0.2, 0) is 4.79 Å². The molecule has 6 heteroatoms. The zero-order valence-electron chi connectivity index (χ0n) is 13.1. The Labute approximate surface area is 139 Å². The SMILES string of the molecule is COc1ccccc1C(C#N)NC(=O)COc1ccccc1C=O. The van der Waals surface area contributed by atoms with Crippen LogP contribution in [-0.4, -0.2) is 25.9 Å². The molecule has 0 saturated heterocycles. The van der Waals surface area contributed by atoms with Crippen molar-refractivity contribution in [3.8, 4) is 17.6 Å². The molecule has 122 valence electrons. The van der Waals surface area contributed by atoms with Gasteiger partial charge in [0.25, 0.3) is 5.91 Å². The monoisotopic (exact) mass is 324 g/mol. The Balaban J connectivity index is 2.02. The van der Waals surface area contributed by atoms with Crippen LogP contribution in [0.4, 0.5) is 0 Å². The number of aldehydes is 1. The highest BCUT2D eigenvalue weighted by Gasteiger charge is 2.18. The number of rotatable bonds is 7. The van der Waals surface area contributed by atoms with Gasteiger partial charge in [0.2, 0.25) is 0 Å². The molecule has 0 saturated carbocycles. The third-order valence-electron chi connectivity index (χ3n) is 3.29. The van der Waals surface area contributed by atoms with Crippen LogP contribution in [0.15, 0.2) is 48.5 Å². The number of para-hydroxylation sites is 2. The van der Waals surface area contributed by atoms with Gasteiger partial charge in [0.1, 0.15) is 17.5 Å². The summed E-state index contributed by atoms with van der Waals surface area (Å²) in [4.78, 5) is 23.0. The van der Waals surface area contributed by atoms with Gasteiger partial charge in [-0.05, 0) is 18.2 Å². The lowest BCUT2D eigenvalue weighted by molar-refractivity contribution is -0.123. The maximum absolute atomic E-state index is 12.0. The van der Waals surface area contributed by atoms with E-state index < -0.39 is 11.9 Å². The van der Waals surface area contributed by atoms with Crippen LogP contribution in [0.3, 0.4) is 0 Å². The molecule has 0 aromatic heterocycles. The number of hydrogen-bond acceptors (Lipinski definition) is 5. The second-order valence-corrected chi connectivity index (χ2v) is 4.82. The summed E-state index contributed by atoms with van der Waals surface area (Å²) in [6.07, 6.45) is 0.653. The van der Waals surface area contributed by atoms with E-state index in [0.29, 0.717) is 28.9 Å². The average molecular weight is 324 g/mol. The maximum Gasteiger partial charge on any atom is 0.259 e. The summed E-state index contributed by atoms with van der Waals surface area (Å²) in [5, 5.41) is 11.9. The van der Waals surface area contributed by atoms with E-state index in [9.17, 15) is 14.9 Å². The molecule has 0 fully saturated rings. The van der Waals surface area contributed by atoms with E-state index in [1.165, 1.54) is 7.11 Å². The number of hydrogen-bond donors (Lipinski definition) is 1. The molecule has 1 N–H and O–H groups in total. The van der Waals surface area contributed by atoms with Gasteiger partial charge < -0.3 is 14.8 Å². The van der Waals surface area contributed by atoms with E-state index in [0.717, 1.165) is 0 Å². The first-order valence-corrected chi connectivity index (χ1v) is 7.18. The predicted octanol–water partition coefficient (Wildman–Crippen LogP) is 2.27. The van der Waals surface area contributed by atoms with Gasteiger partial charge in [-0.3, -0.25) is 9.59 Å². The number of ether oxygens (including phenoxy) is 2. The van der Waals surface area contributed by atoms with Crippen LogP contribution in [0.5, 0.6) is 11.5 Å². The molecule has 1 amide bonds. The van der Waals surface area contributed by atoms with Crippen molar-refractivity contribution in [3.63, 3.8) is 0 Å². The predicted molar refractivity (Wildman–Crippen MR) is 86.8 cm³/mol. The molecule has 0 aliphatic carbocycles. The first kappa shape index (κ1) is 17.0. The minimum Gasteiger partial charge on any atom is -0.496 e. The van der Waals surface area contributed by atoms with E-state index in [4.69, 9.17) is 9.47 Å². The Bertz CT molecular complexity index is 768. The van der Waals surface area contributed by atoms with Gasteiger partial charge >= 0.3 is 0 Å². The van der Waals surface area contributed by atoms with E-state index in [-0.39, 0.29) is 6.61 Å². The molecule has 2 aromatic rings. The summed E-state index contributed by atoms with van der Waals surface area (Å²) in [6.45, 7) is -0.307. The molecule has 6 nitrogen and oxygen atoms in total. The standard InChI is InChI=1S/C18H16N2O4/c1-23-17-9-5-3-7-14(17)15(10-19)20-18(22)12-24-16-8-4-2-6-13(16)11-21/h2-9,11,15H,12H2,1H3,(H,20,22). The number of nitriles is 1. The molecule has 2 rings (SSSR count). The van der Waals surface area contributed by atoms with Gasteiger partial charge in [-0.1, -0.05) is 30.3 Å². The van der Waals surface area contributed by atoms with Gasteiger partial charge in [-0.2, -0.15) is 5.26 Å². The highest BCUT2D eigenvalue weighted by atomic mass is 16.5. The molecular weight excluding hydrogens is 308 g/mol. The Morgan fingerprint density at radius 2 is 1.88 bits per heavy atom. The second-order valence-electron chi connectivity index (χ2n) is 4.82. The van der Waals surface area contributed by atoms with E-state index in [1.54, 1.807) is 48.5 Å². The molecule has 24 heavy (non-hydrogen) atoms. The minimum absolute atomic E-state index is 0.307. The molecule has 0 heterocycles. The summed E-state index contributed by atoms with van der Waals surface area (Å²) >= 11 is 0. The number of carbonyl (C=O) groups excluding carboxylic acids is 2. The summed E-state index contributed by atoms with van der Waals surface area (Å²) in [5.41, 5.74) is 0.913. The Morgan fingerprint density at radius 3 is 2.54 bits per heavy atom. The number of nitrogens with zero attached hydrogens (tertiary/aromatic N) is 1. The molecule has 2 aromatic carbocycles. The molecule has 0 radical (unpaired) electrons. The molecule has 1 atom stereocenters. The first-order chi connectivity index (χ1) is 11.7.